The molecule has 2 nitrogen and oxygen atoms in total. The highest BCUT2D eigenvalue weighted by atomic mass is 16.1. The van der Waals surface area contributed by atoms with Gasteiger partial charge >= 0.3 is 0 Å². The molecule has 1 rings (SSSR count). The zero-order valence-electron chi connectivity index (χ0n) is 11.3. The quantitative estimate of drug-likeness (QED) is 0.834. The highest BCUT2D eigenvalue weighted by Gasteiger charge is 2.26. The van der Waals surface area contributed by atoms with E-state index in [0.717, 1.165) is 23.4 Å². The topological polar surface area (TPSA) is 32.9 Å². The van der Waals surface area contributed by atoms with Crippen molar-refractivity contribution >= 4 is 0 Å². The van der Waals surface area contributed by atoms with Gasteiger partial charge in [-0.05, 0) is 31.6 Å². The van der Waals surface area contributed by atoms with Crippen LogP contribution in [0.5, 0.6) is 0 Å². The summed E-state index contributed by atoms with van der Waals surface area (Å²) in [5.74, 6) is 0.593. The third-order valence-corrected chi connectivity index (χ3v) is 2.95. The maximum Gasteiger partial charge on any atom is 0.185 e. The summed E-state index contributed by atoms with van der Waals surface area (Å²) in [5.41, 5.74) is 2.99. The van der Waals surface area contributed by atoms with Crippen LogP contribution in [0.3, 0.4) is 0 Å². The van der Waals surface area contributed by atoms with E-state index in [9.17, 15) is 4.79 Å². The Morgan fingerprint density at radius 3 is 2.31 bits per heavy atom. The Bertz CT molecular complexity index is 427. The molecule has 16 heavy (non-hydrogen) atoms. The molecule has 1 heterocycles. The van der Waals surface area contributed by atoms with Crippen molar-refractivity contribution in [2.45, 2.75) is 53.4 Å². The fourth-order valence-corrected chi connectivity index (χ4v) is 2.81. The first kappa shape index (κ1) is 13.0. The van der Waals surface area contributed by atoms with Gasteiger partial charge in [-0.3, -0.25) is 4.79 Å². The summed E-state index contributed by atoms with van der Waals surface area (Å²) in [7, 11) is 0. The molecule has 2 heteroatoms. The minimum Gasteiger partial charge on any atom is -0.362 e. The van der Waals surface area contributed by atoms with Crippen LogP contribution in [0, 0.1) is 19.8 Å². The predicted molar refractivity (Wildman–Crippen MR) is 69.0 cm³/mol. The SMILES string of the molecule is Cc1cc(=O)c(C(C)(C)CC(C)C)c(C)[nH]1. The number of nitrogens with one attached hydrogen (secondary N) is 1. The molecule has 0 aliphatic rings. The molecule has 0 radical (unpaired) electrons. The lowest BCUT2D eigenvalue weighted by atomic mass is 9.77. The van der Waals surface area contributed by atoms with Crippen LogP contribution in [0.1, 0.15) is 51.1 Å². The number of hydrogen-bond donors (Lipinski definition) is 1. The summed E-state index contributed by atoms with van der Waals surface area (Å²) >= 11 is 0. The lowest BCUT2D eigenvalue weighted by molar-refractivity contribution is 0.395. The van der Waals surface area contributed by atoms with Gasteiger partial charge in [-0.15, -0.1) is 0 Å². The molecular formula is C14H23NO. The molecule has 1 aromatic heterocycles. The Morgan fingerprint density at radius 2 is 1.88 bits per heavy atom. The second-order valence-corrected chi connectivity index (χ2v) is 5.80. The van der Waals surface area contributed by atoms with Crippen LogP contribution in [0.2, 0.25) is 0 Å². The minimum atomic E-state index is -0.0560. The molecule has 0 aliphatic heterocycles. The Morgan fingerprint density at radius 1 is 1.31 bits per heavy atom. The van der Waals surface area contributed by atoms with Gasteiger partial charge in [-0.1, -0.05) is 27.7 Å². The molecule has 0 aliphatic carbocycles. The van der Waals surface area contributed by atoms with Crippen molar-refractivity contribution in [3.05, 3.63) is 33.2 Å². The third kappa shape index (κ3) is 2.75. The number of aromatic nitrogens is 1. The fraction of sp³-hybridized carbons (Fsp3) is 0.643. The summed E-state index contributed by atoms with van der Waals surface area (Å²) in [6, 6.07) is 1.70. The summed E-state index contributed by atoms with van der Waals surface area (Å²) in [4.78, 5) is 15.3. The number of hydrogen-bond acceptors (Lipinski definition) is 1. The van der Waals surface area contributed by atoms with Gasteiger partial charge in [-0.2, -0.15) is 0 Å². The van der Waals surface area contributed by atoms with E-state index in [1.165, 1.54) is 0 Å². The first-order chi connectivity index (χ1) is 7.24. The molecule has 0 spiro atoms. The molecule has 0 saturated heterocycles. The third-order valence-electron chi connectivity index (χ3n) is 2.95. The van der Waals surface area contributed by atoms with Gasteiger partial charge in [0.05, 0.1) is 0 Å². The van der Waals surface area contributed by atoms with Crippen LogP contribution in [0.15, 0.2) is 10.9 Å². The van der Waals surface area contributed by atoms with Crippen LogP contribution >= 0.6 is 0 Å². The second-order valence-electron chi connectivity index (χ2n) is 5.80. The van der Waals surface area contributed by atoms with E-state index in [4.69, 9.17) is 0 Å². The van der Waals surface area contributed by atoms with E-state index < -0.39 is 0 Å². The monoisotopic (exact) mass is 221 g/mol. The fourth-order valence-electron chi connectivity index (χ4n) is 2.81. The zero-order chi connectivity index (χ0) is 12.5. The smallest absolute Gasteiger partial charge is 0.185 e. The van der Waals surface area contributed by atoms with E-state index in [1.807, 2.05) is 13.8 Å². The number of aromatic amines is 1. The van der Waals surface area contributed by atoms with Gasteiger partial charge < -0.3 is 4.98 Å². The Balaban J connectivity index is 3.27. The van der Waals surface area contributed by atoms with Crippen LogP contribution in [-0.4, -0.2) is 4.98 Å². The number of rotatable bonds is 3. The van der Waals surface area contributed by atoms with Gasteiger partial charge in [0.2, 0.25) is 0 Å². The van der Waals surface area contributed by atoms with E-state index in [-0.39, 0.29) is 10.8 Å². The number of H-pyrrole nitrogens is 1. The molecule has 0 fully saturated rings. The molecule has 0 aromatic carbocycles. The average molecular weight is 221 g/mol. The van der Waals surface area contributed by atoms with Crippen LogP contribution in [-0.2, 0) is 5.41 Å². The average Bonchev–Trinajstić information content (AvgIpc) is 1.96. The van der Waals surface area contributed by atoms with E-state index >= 15 is 0 Å². The number of aryl methyl sites for hydroxylation is 2. The molecule has 0 amide bonds. The van der Waals surface area contributed by atoms with Crippen LogP contribution < -0.4 is 5.43 Å². The predicted octanol–water partition coefficient (Wildman–Crippen LogP) is 3.32. The van der Waals surface area contributed by atoms with Crippen molar-refractivity contribution in [3.8, 4) is 0 Å². The molecular weight excluding hydrogens is 198 g/mol. The maximum atomic E-state index is 12.1. The Hall–Kier alpha value is -1.05. The summed E-state index contributed by atoms with van der Waals surface area (Å²) in [6.45, 7) is 12.6. The van der Waals surface area contributed by atoms with Crippen molar-refractivity contribution < 1.29 is 0 Å². The second kappa shape index (κ2) is 4.44. The summed E-state index contributed by atoms with van der Waals surface area (Å²) in [6.07, 6.45) is 1.03. The zero-order valence-corrected chi connectivity index (χ0v) is 11.3. The maximum absolute atomic E-state index is 12.1. The van der Waals surface area contributed by atoms with Crippen LogP contribution in [0.4, 0.5) is 0 Å². The molecule has 0 bridgehead atoms. The van der Waals surface area contributed by atoms with E-state index in [0.29, 0.717) is 5.92 Å². The van der Waals surface area contributed by atoms with Crippen molar-refractivity contribution in [1.82, 2.24) is 4.98 Å². The van der Waals surface area contributed by atoms with Gasteiger partial charge in [-0.25, -0.2) is 0 Å². The standard InChI is InChI=1S/C14H23NO/c1-9(2)8-14(5,6)13-11(4)15-10(3)7-12(13)16/h7,9H,8H2,1-6H3,(H,15,16). The summed E-state index contributed by atoms with van der Waals surface area (Å²) < 4.78 is 0. The van der Waals surface area contributed by atoms with Crippen molar-refractivity contribution in [2.24, 2.45) is 5.92 Å². The van der Waals surface area contributed by atoms with Gasteiger partial charge in [0, 0.05) is 23.0 Å². The Kier molecular flexibility index (Phi) is 3.61. The van der Waals surface area contributed by atoms with Crippen molar-refractivity contribution in [2.75, 3.05) is 0 Å². The normalized spacial score (nSPS) is 12.2. The lowest BCUT2D eigenvalue weighted by Gasteiger charge is -2.28. The molecule has 0 saturated carbocycles. The first-order valence-corrected chi connectivity index (χ1v) is 5.95. The first-order valence-electron chi connectivity index (χ1n) is 5.95. The lowest BCUT2D eigenvalue weighted by Crippen LogP contribution is -2.29. The van der Waals surface area contributed by atoms with E-state index in [1.54, 1.807) is 6.07 Å². The number of pyridine rings is 1. The molecule has 90 valence electrons. The van der Waals surface area contributed by atoms with Gasteiger partial charge in [0.15, 0.2) is 5.43 Å². The summed E-state index contributed by atoms with van der Waals surface area (Å²) in [5, 5.41) is 0. The van der Waals surface area contributed by atoms with Crippen LogP contribution in [0.25, 0.3) is 0 Å². The molecule has 1 N–H and O–H groups in total. The molecule has 0 atom stereocenters. The molecule has 1 aromatic rings. The van der Waals surface area contributed by atoms with E-state index in [2.05, 4.69) is 32.7 Å². The minimum absolute atomic E-state index is 0.0560. The van der Waals surface area contributed by atoms with Gasteiger partial charge in [0.1, 0.15) is 0 Å². The highest BCUT2D eigenvalue weighted by Crippen LogP contribution is 2.29. The Labute approximate surface area is 98.1 Å². The largest absolute Gasteiger partial charge is 0.362 e. The van der Waals surface area contributed by atoms with Crippen molar-refractivity contribution in [1.29, 1.82) is 0 Å². The van der Waals surface area contributed by atoms with Gasteiger partial charge in [0.25, 0.3) is 0 Å². The molecule has 0 unspecified atom stereocenters. The highest BCUT2D eigenvalue weighted by molar-refractivity contribution is 5.29. The van der Waals surface area contributed by atoms with Crippen molar-refractivity contribution in [3.63, 3.8) is 0 Å².